The highest BCUT2D eigenvalue weighted by atomic mass is 35.5. The molecule has 2 unspecified atom stereocenters. The second kappa shape index (κ2) is 6.55. The van der Waals surface area contributed by atoms with E-state index in [4.69, 9.17) is 11.6 Å². The maximum atomic E-state index is 12.6. The van der Waals surface area contributed by atoms with E-state index < -0.39 is 0 Å². The molecule has 1 saturated heterocycles. The summed E-state index contributed by atoms with van der Waals surface area (Å²) >= 11 is 5.93. The molecule has 116 valence electrons. The molecule has 0 radical (unpaired) electrons. The number of nitrogens with one attached hydrogen (secondary N) is 2. The minimum atomic E-state index is -0.293. The van der Waals surface area contributed by atoms with Crippen molar-refractivity contribution in [3.8, 4) is 0 Å². The van der Waals surface area contributed by atoms with Gasteiger partial charge in [-0.25, -0.2) is 0 Å². The molecule has 1 aliphatic heterocycles. The Bertz CT molecular complexity index is 500. The summed E-state index contributed by atoms with van der Waals surface area (Å²) in [6.07, 6.45) is 3.93. The van der Waals surface area contributed by atoms with Crippen LogP contribution >= 0.6 is 24.0 Å². The van der Waals surface area contributed by atoms with Crippen LogP contribution in [0.15, 0.2) is 24.3 Å². The quantitative estimate of drug-likeness (QED) is 0.895. The van der Waals surface area contributed by atoms with Crippen LogP contribution in [-0.4, -0.2) is 24.5 Å². The second-order valence-electron chi connectivity index (χ2n) is 6.14. The van der Waals surface area contributed by atoms with Gasteiger partial charge in [0.1, 0.15) is 0 Å². The maximum Gasteiger partial charge on any atom is 0.230 e. The van der Waals surface area contributed by atoms with Crippen LogP contribution < -0.4 is 10.6 Å². The van der Waals surface area contributed by atoms with Gasteiger partial charge in [0, 0.05) is 17.1 Å². The van der Waals surface area contributed by atoms with Crippen LogP contribution in [0.2, 0.25) is 5.02 Å². The van der Waals surface area contributed by atoms with Crippen molar-refractivity contribution in [2.45, 2.75) is 50.1 Å². The molecular weight excluding hydrogens is 307 g/mol. The minimum absolute atomic E-state index is 0. The molecule has 0 aromatic heterocycles. The number of benzene rings is 1. The van der Waals surface area contributed by atoms with E-state index >= 15 is 0 Å². The summed E-state index contributed by atoms with van der Waals surface area (Å²) in [6, 6.07) is 8.51. The topological polar surface area (TPSA) is 41.1 Å². The van der Waals surface area contributed by atoms with Gasteiger partial charge in [-0.1, -0.05) is 23.7 Å². The van der Waals surface area contributed by atoms with Crippen LogP contribution in [0.3, 0.4) is 0 Å². The molecule has 2 fully saturated rings. The van der Waals surface area contributed by atoms with Crippen molar-refractivity contribution in [3.05, 3.63) is 34.9 Å². The summed E-state index contributed by atoms with van der Waals surface area (Å²) < 4.78 is 0. The molecule has 1 aromatic carbocycles. The predicted octanol–water partition coefficient (Wildman–Crippen LogP) is 3.05. The number of amides is 1. The van der Waals surface area contributed by atoms with Crippen LogP contribution in [0.4, 0.5) is 0 Å². The van der Waals surface area contributed by atoms with Gasteiger partial charge in [-0.05, 0) is 56.8 Å². The van der Waals surface area contributed by atoms with Gasteiger partial charge in [-0.3, -0.25) is 4.79 Å². The summed E-state index contributed by atoms with van der Waals surface area (Å²) in [7, 11) is 0. The highest BCUT2D eigenvalue weighted by Gasteiger charge is 2.51. The zero-order chi connectivity index (χ0) is 14.2. The molecule has 2 atom stereocenters. The highest BCUT2D eigenvalue weighted by Crippen LogP contribution is 2.48. The van der Waals surface area contributed by atoms with Crippen LogP contribution in [0.25, 0.3) is 0 Å². The summed E-state index contributed by atoms with van der Waals surface area (Å²) in [5.74, 6) is 0.193. The van der Waals surface area contributed by atoms with Gasteiger partial charge >= 0.3 is 0 Å². The molecular formula is C16H22Cl2N2O. The number of rotatable bonds is 3. The van der Waals surface area contributed by atoms with E-state index in [2.05, 4.69) is 17.6 Å². The Morgan fingerprint density at radius 3 is 2.57 bits per heavy atom. The normalized spacial score (nSPS) is 26.6. The molecule has 1 aliphatic carbocycles. The first-order valence-corrected chi connectivity index (χ1v) is 7.78. The van der Waals surface area contributed by atoms with E-state index in [0.29, 0.717) is 12.1 Å². The Balaban J connectivity index is 0.00000161. The average molecular weight is 329 g/mol. The first-order chi connectivity index (χ1) is 9.60. The van der Waals surface area contributed by atoms with E-state index in [0.717, 1.165) is 42.8 Å². The minimum Gasteiger partial charge on any atom is -0.352 e. The molecule has 0 bridgehead atoms. The zero-order valence-corrected chi connectivity index (χ0v) is 13.8. The number of hydrogen-bond acceptors (Lipinski definition) is 2. The molecule has 3 rings (SSSR count). The summed E-state index contributed by atoms with van der Waals surface area (Å²) in [5, 5.41) is 7.38. The summed E-state index contributed by atoms with van der Waals surface area (Å²) in [4.78, 5) is 12.6. The van der Waals surface area contributed by atoms with Gasteiger partial charge in [0.25, 0.3) is 0 Å². The fraction of sp³-hybridized carbons (Fsp3) is 0.562. The lowest BCUT2D eigenvalue weighted by Gasteiger charge is -2.30. The fourth-order valence-corrected chi connectivity index (χ4v) is 3.25. The van der Waals surface area contributed by atoms with Gasteiger partial charge in [0.05, 0.1) is 5.41 Å². The Hall–Kier alpha value is -0.770. The first kappa shape index (κ1) is 16.6. The number of piperidine rings is 1. The summed E-state index contributed by atoms with van der Waals surface area (Å²) in [5.41, 5.74) is 0.806. The Morgan fingerprint density at radius 2 is 2.00 bits per heavy atom. The third kappa shape index (κ3) is 3.53. The highest BCUT2D eigenvalue weighted by molar-refractivity contribution is 6.30. The third-order valence-electron chi connectivity index (χ3n) is 4.54. The van der Waals surface area contributed by atoms with Crippen molar-refractivity contribution in [1.82, 2.24) is 10.6 Å². The predicted molar refractivity (Wildman–Crippen MR) is 88.2 cm³/mol. The second-order valence-corrected chi connectivity index (χ2v) is 6.58. The largest absolute Gasteiger partial charge is 0.352 e. The smallest absolute Gasteiger partial charge is 0.230 e. The lowest BCUT2D eigenvalue weighted by atomic mass is 9.93. The fourth-order valence-electron chi connectivity index (χ4n) is 3.13. The monoisotopic (exact) mass is 328 g/mol. The summed E-state index contributed by atoms with van der Waals surface area (Å²) in [6.45, 7) is 3.16. The Morgan fingerprint density at radius 1 is 1.33 bits per heavy atom. The molecule has 1 aromatic rings. The molecule has 0 spiro atoms. The van der Waals surface area contributed by atoms with Crippen LogP contribution in [0.1, 0.15) is 38.2 Å². The molecule has 5 heteroatoms. The lowest BCUT2D eigenvalue weighted by molar-refractivity contribution is -0.124. The van der Waals surface area contributed by atoms with Gasteiger partial charge in [-0.2, -0.15) is 0 Å². The number of carbonyl (C=O) groups is 1. The van der Waals surface area contributed by atoms with Crippen molar-refractivity contribution in [3.63, 3.8) is 0 Å². The van der Waals surface area contributed by atoms with Crippen molar-refractivity contribution in [2.24, 2.45) is 0 Å². The third-order valence-corrected chi connectivity index (χ3v) is 4.79. The molecule has 3 nitrogen and oxygen atoms in total. The standard InChI is InChI=1S/C16H21ClN2O.ClH/c1-11-10-14(6-9-18-11)19-15(20)16(7-8-16)12-2-4-13(17)5-3-12;/h2-5,11,14,18H,6-10H2,1H3,(H,19,20);1H. The number of carbonyl (C=O) groups excluding carboxylic acids is 1. The van der Waals surface area contributed by atoms with E-state index in [9.17, 15) is 4.79 Å². The van der Waals surface area contributed by atoms with Crippen molar-refractivity contribution in [2.75, 3.05) is 6.54 Å². The lowest BCUT2D eigenvalue weighted by Crippen LogP contribution is -2.49. The molecule has 2 N–H and O–H groups in total. The van der Waals surface area contributed by atoms with Crippen molar-refractivity contribution in [1.29, 1.82) is 0 Å². The van der Waals surface area contributed by atoms with E-state index in [1.165, 1.54) is 0 Å². The van der Waals surface area contributed by atoms with Crippen LogP contribution in [0.5, 0.6) is 0 Å². The van der Waals surface area contributed by atoms with Gasteiger partial charge < -0.3 is 10.6 Å². The molecule has 1 saturated carbocycles. The maximum absolute atomic E-state index is 12.6. The Labute approximate surface area is 137 Å². The van der Waals surface area contributed by atoms with Crippen LogP contribution in [0, 0.1) is 0 Å². The Kier molecular flexibility index (Phi) is 5.18. The molecule has 1 amide bonds. The first-order valence-electron chi connectivity index (χ1n) is 7.40. The molecule has 2 aliphatic rings. The molecule has 1 heterocycles. The van der Waals surface area contributed by atoms with Gasteiger partial charge in [0.2, 0.25) is 5.91 Å². The number of halogens is 2. The number of hydrogen-bond donors (Lipinski definition) is 2. The van der Waals surface area contributed by atoms with E-state index in [1.807, 2.05) is 24.3 Å². The molecule has 21 heavy (non-hydrogen) atoms. The van der Waals surface area contributed by atoms with Crippen molar-refractivity contribution >= 4 is 29.9 Å². The van der Waals surface area contributed by atoms with E-state index in [-0.39, 0.29) is 23.7 Å². The van der Waals surface area contributed by atoms with E-state index in [1.54, 1.807) is 0 Å². The van der Waals surface area contributed by atoms with Gasteiger partial charge in [-0.15, -0.1) is 12.4 Å². The zero-order valence-electron chi connectivity index (χ0n) is 12.2. The SMILES string of the molecule is CC1CC(NC(=O)C2(c3ccc(Cl)cc3)CC2)CCN1.Cl. The van der Waals surface area contributed by atoms with Gasteiger partial charge in [0.15, 0.2) is 0 Å². The van der Waals surface area contributed by atoms with Crippen molar-refractivity contribution < 1.29 is 4.79 Å². The average Bonchev–Trinajstić information content (AvgIpc) is 3.21. The van der Waals surface area contributed by atoms with Crippen LogP contribution in [-0.2, 0) is 10.2 Å².